The lowest BCUT2D eigenvalue weighted by atomic mass is 9.52. The number of aliphatic hydroxyl groups is 1. The van der Waals surface area contributed by atoms with E-state index in [1.54, 1.807) is 0 Å². The average molecular weight is 732 g/mol. The van der Waals surface area contributed by atoms with Crippen LogP contribution in [-0.4, -0.2) is 73.5 Å². The molecule has 1 amide bonds. The Bertz CT molecular complexity index is 1350. The Morgan fingerprint density at radius 2 is 1.82 bits per heavy atom. The molecule has 8 nitrogen and oxygen atoms in total. The number of alkyl carbamates (subject to hydrolysis) is 1. The number of hydrazine groups is 1. The molecule has 2 saturated carbocycles. The van der Waals surface area contributed by atoms with Gasteiger partial charge in [-0.05, 0) is 128 Å². The number of amides is 1. The Morgan fingerprint density at radius 1 is 0.980 bits per heavy atom. The van der Waals surface area contributed by atoms with Crippen LogP contribution in [0.15, 0.2) is 42.5 Å². The second kappa shape index (κ2) is 19.6. The zero-order valence-electron chi connectivity index (χ0n) is 30.0. The molecule has 5 rings (SSSR count). The Balaban J connectivity index is 0.934. The number of aryl methyl sites for hydroxylation is 1. The number of unbranched alkanes of at least 4 members (excludes halogenated alkanes) is 3. The molecule has 2 aromatic carbocycles. The highest BCUT2D eigenvalue weighted by Gasteiger charge is 2.56. The van der Waals surface area contributed by atoms with Crippen LogP contribution < -0.4 is 21.1 Å². The third-order valence-electron chi connectivity index (χ3n) is 11.9. The Kier molecular flexibility index (Phi) is 15.3. The van der Waals surface area contributed by atoms with Crippen LogP contribution in [-0.2, 0) is 17.6 Å². The summed E-state index contributed by atoms with van der Waals surface area (Å²) in [4.78, 5) is 12.2. The van der Waals surface area contributed by atoms with Crippen molar-refractivity contribution in [3.05, 3.63) is 59.2 Å². The fourth-order valence-electron chi connectivity index (χ4n) is 9.43. The summed E-state index contributed by atoms with van der Waals surface area (Å²) in [7, 11) is 0. The molecule has 2 fully saturated rings. The molecular weight excluding hydrogens is 671 g/mol. The van der Waals surface area contributed by atoms with E-state index in [9.17, 15) is 15.0 Å². The smallest absolute Gasteiger partial charge is 0.407 e. The highest BCUT2D eigenvalue weighted by Crippen LogP contribution is 2.62. The number of ether oxygens (including phenoxy) is 1. The number of nitrogens with zero attached hydrogens (tertiary/aromatic N) is 1. The van der Waals surface area contributed by atoms with Gasteiger partial charge in [-0.2, -0.15) is 0 Å². The number of alkyl halides is 2. The lowest BCUT2D eigenvalue weighted by Crippen LogP contribution is -2.47. The highest BCUT2D eigenvalue weighted by atomic mass is 35.5. The number of hydrogen-bond acceptors (Lipinski definition) is 7. The number of aromatic hydroxyl groups is 1. The summed E-state index contributed by atoms with van der Waals surface area (Å²) in [6.45, 7) is 6.15. The second-order valence-electron chi connectivity index (χ2n) is 15.0. The molecule has 0 spiro atoms. The molecule has 50 heavy (non-hydrogen) atoms. The van der Waals surface area contributed by atoms with Gasteiger partial charge in [0.25, 0.3) is 0 Å². The van der Waals surface area contributed by atoms with Crippen molar-refractivity contribution in [2.45, 2.75) is 96.0 Å². The number of fused-ring (bicyclic) bond motifs is 5. The minimum atomic E-state index is -0.374. The number of carbonyl (C=O) groups is 1. The number of phenols is 1. The molecule has 3 unspecified atom stereocenters. The second-order valence-corrected chi connectivity index (χ2v) is 15.7. The van der Waals surface area contributed by atoms with Crippen LogP contribution in [0.25, 0.3) is 0 Å². The molecule has 0 saturated heterocycles. The number of halogens is 2. The van der Waals surface area contributed by atoms with Gasteiger partial charge in [-0.25, -0.2) is 10.2 Å². The van der Waals surface area contributed by atoms with E-state index >= 15 is 0 Å². The van der Waals surface area contributed by atoms with Crippen LogP contribution in [0.3, 0.4) is 0 Å². The number of hydrogen-bond donors (Lipinski definition) is 5. The fourth-order valence-corrected chi connectivity index (χ4v) is 9.69. The largest absolute Gasteiger partial charge is 0.508 e. The van der Waals surface area contributed by atoms with Crippen LogP contribution >= 0.6 is 23.2 Å². The zero-order valence-corrected chi connectivity index (χ0v) is 31.5. The van der Waals surface area contributed by atoms with E-state index in [0.717, 1.165) is 63.6 Å². The standard InChI is InChI=1S/C40H60Cl2N4O4/c1-40-18-17-34-33-14-13-32(47)28-31(33)27-30(38(34)35(40)15-16-37(40)48)10-4-2-3-7-21-43-24-26-50-39(49)44-22-8-11-29-9-5-6-12-36(29)46(25-20-42)45-23-19-41/h5-6,9,12-14,28,30,34-35,37-38,43,45,47-48H,2-4,7-8,10-11,15-27H2,1H3,(H,44,49)/t30-,34?,35?,37+,38?,40+/m1/s1. The first kappa shape index (κ1) is 39.0. The van der Waals surface area contributed by atoms with Gasteiger partial charge in [0.1, 0.15) is 12.4 Å². The molecule has 3 aliphatic rings. The maximum Gasteiger partial charge on any atom is 0.407 e. The van der Waals surface area contributed by atoms with Gasteiger partial charge >= 0.3 is 6.09 Å². The first-order valence-corrected chi connectivity index (χ1v) is 20.2. The van der Waals surface area contributed by atoms with Crippen LogP contribution in [0.5, 0.6) is 5.75 Å². The van der Waals surface area contributed by atoms with Gasteiger partial charge in [-0.3, -0.25) is 0 Å². The van der Waals surface area contributed by atoms with Gasteiger partial charge in [0, 0.05) is 37.9 Å². The third kappa shape index (κ3) is 10.0. The third-order valence-corrected chi connectivity index (χ3v) is 12.3. The Morgan fingerprint density at radius 3 is 2.66 bits per heavy atom. The van der Waals surface area contributed by atoms with Gasteiger partial charge < -0.3 is 30.6 Å². The number of anilines is 1. The lowest BCUT2D eigenvalue weighted by molar-refractivity contribution is -0.0396. The number of aliphatic hydroxyl groups excluding tert-OH is 1. The van der Waals surface area contributed by atoms with Gasteiger partial charge in [0.2, 0.25) is 0 Å². The van der Waals surface area contributed by atoms with Crippen LogP contribution in [0.4, 0.5) is 10.5 Å². The number of carbonyl (C=O) groups excluding carboxylic acids is 1. The molecule has 10 heteroatoms. The lowest BCUT2D eigenvalue weighted by Gasteiger charge is -2.53. The van der Waals surface area contributed by atoms with E-state index in [4.69, 9.17) is 27.9 Å². The Labute approximate surface area is 310 Å². The van der Waals surface area contributed by atoms with E-state index in [1.165, 1.54) is 42.4 Å². The van der Waals surface area contributed by atoms with Crippen molar-refractivity contribution in [3.8, 4) is 5.75 Å². The summed E-state index contributed by atoms with van der Waals surface area (Å²) in [5, 5.41) is 29.5. The van der Waals surface area contributed by atoms with Crippen molar-refractivity contribution < 1.29 is 19.7 Å². The monoisotopic (exact) mass is 730 g/mol. The number of phenolic OH excluding ortho intramolecular Hbond substituents is 1. The number of benzene rings is 2. The predicted octanol–water partition coefficient (Wildman–Crippen LogP) is 7.52. The van der Waals surface area contributed by atoms with Crippen LogP contribution in [0.1, 0.15) is 93.7 Å². The van der Waals surface area contributed by atoms with Crippen molar-refractivity contribution in [3.63, 3.8) is 0 Å². The van der Waals surface area contributed by atoms with Gasteiger partial charge in [0.05, 0.1) is 11.8 Å². The molecule has 0 heterocycles. The number of para-hydroxylation sites is 1. The molecule has 2 aromatic rings. The van der Waals surface area contributed by atoms with E-state index in [1.807, 2.05) is 29.3 Å². The first-order valence-electron chi connectivity index (χ1n) is 19.2. The van der Waals surface area contributed by atoms with Crippen molar-refractivity contribution in [2.24, 2.45) is 23.2 Å². The SMILES string of the molecule is C[C@]12CCC3c4ccc(O)cc4C[C@@H](CCCCCCNCCOC(=O)NCCCc4ccccc4N(CCCl)NCCCl)C3C1CC[C@@H]2O. The molecular formula is C40H60Cl2N4O4. The zero-order chi connectivity index (χ0) is 35.3. The summed E-state index contributed by atoms with van der Waals surface area (Å²) >= 11 is 11.9. The van der Waals surface area contributed by atoms with Crippen molar-refractivity contribution in [1.29, 1.82) is 0 Å². The minimum absolute atomic E-state index is 0.0620. The normalized spacial score (nSPS) is 25.4. The average Bonchev–Trinajstić information content (AvgIpc) is 3.42. The summed E-state index contributed by atoms with van der Waals surface area (Å²) in [5.74, 6) is 3.82. The summed E-state index contributed by atoms with van der Waals surface area (Å²) < 4.78 is 5.37. The number of nitrogens with one attached hydrogen (secondary N) is 3. The minimum Gasteiger partial charge on any atom is -0.508 e. The van der Waals surface area contributed by atoms with E-state index in [0.29, 0.717) is 74.0 Å². The van der Waals surface area contributed by atoms with Crippen molar-refractivity contribution in [1.82, 2.24) is 16.1 Å². The molecule has 5 N–H and O–H groups in total. The predicted molar refractivity (Wildman–Crippen MR) is 204 cm³/mol. The quantitative estimate of drug-likeness (QED) is 0.0545. The van der Waals surface area contributed by atoms with Gasteiger partial charge in [-0.1, -0.05) is 50.5 Å². The maximum atomic E-state index is 12.2. The summed E-state index contributed by atoms with van der Waals surface area (Å²) in [6.07, 6.45) is 12.4. The molecule has 0 radical (unpaired) electrons. The van der Waals surface area contributed by atoms with Gasteiger partial charge in [-0.15, -0.1) is 23.2 Å². The van der Waals surface area contributed by atoms with Crippen molar-refractivity contribution >= 4 is 35.0 Å². The molecule has 0 bridgehead atoms. The molecule has 6 atom stereocenters. The topological polar surface area (TPSA) is 106 Å². The fraction of sp³-hybridized carbons (Fsp3) is 0.675. The molecule has 0 aliphatic heterocycles. The Hall–Kier alpha value is -2.23. The molecule has 278 valence electrons. The van der Waals surface area contributed by atoms with E-state index in [2.05, 4.69) is 41.2 Å². The van der Waals surface area contributed by atoms with Crippen molar-refractivity contribution in [2.75, 3.05) is 56.1 Å². The number of rotatable bonds is 20. The van der Waals surface area contributed by atoms with Crippen LogP contribution in [0.2, 0.25) is 0 Å². The molecule has 0 aromatic heterocycles. The first-order chi connectivity index (χ1) is 24.4. The van der Waals surface area contributed by atoms with Gasteiger partial charge in [0.15, 0.2) is 0 Å². The molecule has 3 aliphatic carbocycles. The van der Waals surface area contributed by atoms with Crippen LogP contribution in [0, 0.1) is 23.2 Å². The summed E-state index contributed by atoms with van der Waals surface area (Å²) in [6, 6.07) is 14.3. The highest BCUT2D eigenvalue weighted by molar-refractivity contribution is 6.18. The summed E-state index contributed by atoms with van der Waals surface area (Å²) in [5.41, 5.74) is 8.47. The van der Waals surface area contributed by atoms with E-state index < -0.39 is 0 Å². The maximum absolute atomic E-state index is 12.2. The van der Waals surface area contributed by atoms with E-state index in [-0.39, 0.29) is 17.6 Å².